The van der Waals surface area contributed by atoms with Crippen LogP contribution in [0, 0.1) is 11.3 Å². The molecule has 0 unspecified atom stereocenters. The number of esters is 2. The highest BCUT2D eigenvalue weighted by molar-refractivity contribution is 6.04. The molecule has 2 atom stereocenters. The van der Waals surface area contributed by atoms with Gasteiger partial charge in [0.25, 0.3) is 0 Å². The molecule has 1 aliphatic rings. The van der Waals surface area contributed by atoms with Crippen LogP contribution in [0.4, 0.5) is 0 Å². The first kappa shape index (κ1) is 20.5. The highest BCUT2D eigenvalue weighted by atomic mass is 16.6. The van der Waals surface area contributed by atoms with Gasteiger partial charge in [0.05, 0.1) is 0 Å². The first-order chi connectivity index (χ1) is 15.1. The average Bonchev–Trinajstić information content (AvgIpc) is 3.22. The summed E-state index contributed by atoms with van der Waals surface area (Å²) < 4.78 is 11.3. The third kappa shape index (κ3) is 3.99. The van der Waals surface area contributed by atoms with Crippen molar-refractivity contribution >= 4 is 18.2 Å². The molecule has 0 aliphatic heterocycles. The molecular formula is C26H22O5. The van der Waals surface area contributed by atoms with E-state index in [0.717, 1.165) is 11.8 Å². The average molecular weight is 414 g/mol. The van der Waals surface area contributed by atoms with Crippen LogP contribution in [0.25, 0.3) is 0 Å². The third-order valence-electron chi connectivity index (χ3n) is 5.80. The van der Waals surface area contributed by atoms with Crippen molar-refractivity contribution in [1.29, 1.82) is 0 Å². The molecule has 0 bridgehead atoms. The number of para-hydroxylation sites is 2. The van der Waals surface area contributed by atoms with E-state index in [9.17, 15) is 14.4 Å². The molecule has 1 aliphatic carbocycles. The van der Waals surface area contributed by atoms with E-state index in [1.807, 2.05) is 42.5 Å². The Labute approximate surface area is 180 Å². The van der Waals surface area contributed by atoms with E-state index in [1.54, 1.807) is 48.5 Å². The van der Waals surface area contributed by atoms with E-state index in [4.69, 9.17) is 9.47 Å². The summed E-state index contributed by atoms with van der Waals surface area (Å²) in [6.07, 6.45) is 1.37. The van der Waals surface area contributed by atoms with Gasteiger partial charge in [-0.2, -0.15) is 0 Å². The first-order valence-electron chi connectivity index (χ1n) is 10.2. The zero-order chi connectivity index (χ0) is 21.7. The number of carbonyl (C=O) groups excluding carboxylic acids is 3. The smallest absolute Gasteiger partial charge is 0.329 e. The number of rotatable bonds is 6. The fourth-order valence-corrected chi connectivity index (χ4v) is 4.34. The molecule has 0 heterocycles. The van der Waals surface area contributed by atoms with Gasteiger partial charge in [-0.05, 0) is 42.7 Å². The van der Waals surface area contributed by atoms with Crippen molar-refractivity contribution < 1.29 is 23.9 Å². The SMILES string of the molecule is O=C[C@H]1CCC(C(=O)Oc2ccccc2)(C(=O)Oc2ccccc2)[C@@H]1c1ccccc1. The van der Waals surface area contributed by atoms with Crippen molar-refractivity contribution in [3.63, 3.8) is 0 Å². The topological polar surface area (TPSA) is 69.7 Å². The molecular weight excluding hydrogens is 392 g/mol. The summed E-state index contributed by atoms with van der Waals surface area (Å²) in [5, 5.41) is 0. The fraction of sp³-hybridized carbons (Fsp3) is 0.192. The molecule has 4 rings (SSSR count). The lowest BCUT2D eigenvalue weighted by atomic mass is 9.71. The summed E-state index contributed by atoms with van der Waals surface area (Å²) in [5.41, 5.74) is -0.911. The minimum absolute atomic E-state index is 0.160. The standard InChI is InChI=1S/C26H22O5/c27-18-20-16-17-26(23(20)19-10-4-1-5-11-19,24(28)30-21-12-6-2-7-13-21)25(29)31-22-14-8-3-9-15-22/h1-15,18,20,23H,16-17H2/t20-,23-/m1/s1. The molecule has 0 amide bonds. The number of hydrogen-bond donors (Lipinski definition) is 0. The molecule has 0 N–H and O–H groups in total. The van der Waals surface area contributed by atoms with Crippen LogP contribution in [0.5, 0.6) is 11.5 Å². The Morgan fingerprint density at radius 2 is 1.19 bits per heavy atom. The van der Waals surface area contributed by atoms with Crippen molar-refractivity contribution in [2.45, 2.75) is 18.8 Å². The lowest BCUT2D eigenvalue weighted by molar-refractivity contribution is -0.162. The highest BCUT2D eigenvalue weighted by Gasteiger charge is 2.61. The summed E-state index contributed by atoms with van der Waals surface area (Å²) in [5.74, 6) is -1.94. The van der Waals surface area contributed by atoms with Crippen LogP contribution in [-0.2, 0) is 14.4 Å². The minimum atomic E-state index is -1.64. The molecule has 3 aromatic rings. The zero-order valence-electron chi connectivity index (χ0n) is 16.8. The Hall–Kier alpha value is -3.73. The molecule has 5 heteroatoms. The predicted octanol–water partition coefficient (Wildman–Crippen LogP) is 4.58. The van der Waals surface area contributed by atoms with E-state index in [2.05, 4.69) is 0 Å². The van der Waals surface area contributed by atoms with Crippen LogP contribution in [0.1, 0.15) is 24.3 Å². The quantitative estimate of drug-likeness (QED) is 0.256. The molecule has 0 radical (unpaired) electrons. The van der Waals surface area contributed by atoms with Crippen molar-refractivity contribution in [2.24, 2.45) is 11.3 Å². The van der Waals surface area contributed by atoms with Crippen molar-refractivity contribution in [2.75, 3.05) is 0 Å². The minimum Gasteiger partial charge on any atom is -0.426 e. The Kier molecular flexibility index (Phi) is 5.94. The van der Waals surface area contributed by atoms with Crippen LogP contribution in [0.15, 0.2) is 91.0 Å². The highest BCUT2D eigenvalue weighted by Crippen LogP contribution is 2.54. The molecule has 0 saturated heterocycles. The van der Waals surface area contributed by atoms with Gasteiger partial charge >= 0.3 is 11.9 Å². The molecule has 0 aromatic heterocycles. The molecule has 5 nitrogen and oxygen atoms in total. The van der Waals surface area contributed by atoms with Crippen LogP contribution < -0.4 is 9.47 Å². The number of ether oxygens (including phenoxy) is 2. The molecule has 1 fully saturated rings. The maximum atomic E-state index is 13.6. The van der Waals surface area contributed by atoms with Gasteiger partial charge in [-0.3, -0.25) is 9.59 Å². The Morgan fingerprint density at radius 1 is 0.742 bits per heavy atom. The largest absolute Gasteiger partial charge is 0.426 e. The van der Waals surface area contributed by atoms with E-state index in [-0.39, 0.29) is 6.42 Å². The number of hydrogen-bond acceptors (Lipinski definition) is 5. The molecule has 3 aromatic carbocycles. The summed E-state index contributed by atoms with van der Waals surface area (Å²) in [4.78, 5) is 39.1. The normalized spacial score (nSPS) is 19.4. The van der Waals surface area contributed by atoms with Gasteiger partial charge in [0.1, 0.15) is 17.8 Å². The van der Waals surface area contributed by atoms with Gasteiger partial charge in [0.15, 0.2) is 5.41 Å². The van der Waals surface area contributed by atoms with E-state index >= 15 is 0 Å². The lowest BCUT2D eigenvalue weighted by Gasteiger charge is -2.32. The fourth-order valence-electron chi connectivity index (χ4n) is 4.34. The van der Waals surface area contributed by atoms with Crippen molar-refractivity contribution in [3.8, 4) is 11.5 Å². The second kappa shape index (κ2) is 8.96. The van der Waals surface area contributed by atoms with Gasteiger partial charge in [0, 0.05) is 11.8 Å². The van der Waals surface area contributed by atoms with E-state index in [1.165, 1.54) is 0 Å². The van der Waals surface area contributed by atoms with Crippen molar-refractivity contribution in [1.82, 2.24) is 0 Å². The maximum Gasteiger partial charge on any atom is 0.329 e. The number of carbonyl (C=O) groups is 3. The summed E-state index contributed by atoms with van der Waals surface area (Å²) in [6, 6.07) is 26.3. The maximum absolute atomic E-state index is 13.6. The van der Waals surface area contributed by atoms with Gasteiger partial charge in [-0.25, -0.2) is 0 Å². The van der Waals surface area contributed by atoms with Gasteiger partial charge in [-0.15, -0.1) is 0 Å². The third-order valence-corrected chi connectivity index (χ3v) is 5.80. The van der Waals surface area contributed by atoms with Gasteiger partial charge in [0.2, 0.25) is 0 Å². The Morgan fingerprint density at radius 3 is 1.65 bits per heavy atom. The molecule has 31 heavy (non-hydrogen) atoms. The summed E-state index contributed by atoms with van der Waals surface area (Å²) in [7, 11) is 0. The second-order valence-corrected chi connectivity index (χ2v) is 7.60. The molecule has 0 spiro atoms. The van der Waals surface area contributed by atoms with E-state index in [0.29, 0.717) is 17.9 Å². The van der Waals surface area contributed by atoms with E-state index < -0.39 is 29.2 Å². The first-order valence-corrected chi connectivity index (χ1v) is 10.2. The predicted molar refractivity (Wildman–Crippen MR) is 115 cm³/mol. The lowest BCUT2D eigenvalue weighted by Crippen LogP contribution is -2.47. The Balaban J connectivity index is 1.78. The van der Waals surface area contributed by atoms with Crippen LogP contribution in [-0.4, -0.2) is 18.2 Å². The molecule has 156 valence electrons. The Bertz CT molecular complexity index is 993. The van der Waals surface area contributed by atoms with Crippen LogP contribution >= 0.6 is 0 Å². The summed E-state index contributed by atoms with van der Waals surface area (Å²) >= 11 is 0. The monoisotopic (exact) mass is 414 g/mol. The van der Waals surface area contributed by atoms with Gasteiger partial charge in [-0.1, -0.05) is 66.7 Å². The van der Waals surface area contributed by atoms with Crippen molar-refractivity contribution in [3.05, 3.63) is 96.6 Å². The van der Waals surface area contributed by atoms with Crippen LogP contribution in [0.2, 0.25) is 0 Å². The zero-order valence-corrected chi connectivity index (χ0v) is 16.8. The van der Waals surface area contributed by atoms with Gasteiger partial charge < -0.3 is 14.3 Å². The number of aldehydes is 1. The second-order valence-electron chi connectivity index (χ2n) is 7.60. The number of benzene rings is 3. The molecule has 1 saturated carbocycles. The summed E-state index contributed by atoms with van der Waals surface area (Å²) in [6.45, 7) is 0. The van der Waals surface area contributed by atoms with Crippen LogP contribution in [0.3, 0.4) is 0 Å².